The number of nitrogens with zero attached hydrogens (tertiary/aromatic N) is 2. The number of benzene rings is 2. The van der Waals surface area contributed by atoms with Crippen LogP contribution in [0.1, 0.15) is 17.4 Å². The minimum absolute atomic E-state index is 0.0116. The van der Waals surface area contributed by atoms with Crippen molar-refractivity contribution < 1.29 is 23.1 Å². The van der Waals surface area contributed by atoms with E-state index in [1.165, 1.54) is 20.0 Å². The summed E-state index contributed by atoms with van der Waals surface area (Å²) in [6, 6.07) is 9.23. The minimum Gasteiger partial charge on any atom is -0.448 e. The molecule has 0 saturated heterocycles. The Labute approximate surface area is 157 Å². The molecule has 1 atom stereocenters. The van der Waals surface area contributed by atoms with Gasteiger partial charge in [0.25, 0.3) is 11.5 Å². The van der Waals surface area contributed by atoms with Crippen molar-refractivity contribution in [3.05, 3.63) is 70.1 Å². The summed E-state index contributed by atoms with van der Waals surface area (Å²) in [6.07, 6.45) is -1.25. The second-order valence-electron chi connectivity index (χ2n) is 5.99. The Morgan fingerprint density at radius 1 is 1.11 bits per heavy atom. The van der Waals surface area contributed by atoms with Gasteiger partial charge < -0.3 is 10.1 Å². The van der Waals surface area contributed by atoms with Crippen LogP contribution in [0.15, 0.2) is 47.3 Å². The highest BCUT2D eigenvalue weighted by Crippen LogP contribution is 2.16. The topological polar surface area (TPSA) is 90.3 Å². The van der Waals surface area contributed by atoms with Crippen molar-refractivity contribution in [1.29, 1.82) is 0 Å². The van der Waals surface area contributed by atoms with Crippen LogP contribution in [0, 0.1) is 11.6 Å². The number of aryl methyl sites for hydroxylation is 1. The van der Waals surface area contributed by atoms with Gasteiger partial charge in [-0.15, -0.1) is 0 Å². The third kappa shape index (κ3) is 3.73. The minimum atomic E-state index is -1.25. The SMILES string of the molecule is C[C@@H](OC(=O)c1nn(C)c(=O)c2ccccc12)C(=O)Nc1ccc(F)c(F)c1. The monoisotopic (exact) mass is 387 g/mol. The lowest BCUT2D eigenvalue weighted by atomic mass is 10.1. The number of amides is 1. The first-order valence-corrected chi connectivity index (χ1v) is 8.21. The van der Waals surface area contributed by atoms with Crippen molar-refractivity contribution in [2.45, 2.75) is 13.0 Å². The highest BCUT2D eigenvalue weighted by atomic mass is 19.2. The van der Waals surface area contributed by atoms with E-state index in [2.05, 4.69) is 10.4 Å². The van der Waals surface area contributed by atoms with E-state index in [9.17, 15) is 23.2 Å². The fraction of sp³-hybridized carbons (Fsp3) is 0.158. The molecular formula is C19H15F2N3O4. The molecule has 0 spiro atoms. The molecule has 9 heteroatoms. The van der Waals surface area contributed by atoms with Crippen LogP contribution >= 0.6 is 0 Å². The lowest BCUT2D eigenvalue weighted by Gasteiger charge is -2.14. The number of anilines is 1. The van der Waals surface area contributed by atoms with Crippen molar-refractivity contribution in [1.82, 2.24) is 9.78 Å². The Balaban J connectivity index is 1.80. The number of fused-ring (bicyclic) bond motifs is 1. The summed E-state index contributed by atoms with van der Waals surface area (Å²) in [5, 5.41) is 6.83. The fourth-order valence-corrected chi connectivity index (χ4v) is 2.54. The Morgan fingerprint density at radius 3 is 2.46 bits per heavy atom. The van der Waals surface area contributed by atoms with Crippen molar-refractivity contribution in [3.63, 3.8) is 0 Å². The van der Waals surface area contributed by atoms with Gasteiger partial charge in [0.15, 0.2) is 23.4 Å². The van der Waals surface area contributed by atoms with E-state index >= 15 is 0 Å². The second-order valence-corrected chi connectivity index (χ2v) is 5.99. The molecule has 2 aromatic carbocycles. The Kier molecular flexibility index (Phi) is 5.16. The summed E-state index contributed by atoms with van der Waals surface area (Å²) in [7, 11) is 1.39. The van der Waals surface area contributed by atoms with Crippen LogP contribution in [0.4, 0.5) is 14.5 Å². The quantitative estimate of drug-likeness (QED) is 0.695. The Bertz CT molecular complexity index is 1140. The largest absolute Gasteiger partial charge is 0.448 e. The number of halogens is 2. The molecule has 3 aromatic rings. The normalized spacial score (nSPS) is 11.9. The first-order chi connectivity index (χ1) is 13.3. The van der Waals surface area contributed by atoms with Gasteiger partial charge in [0.05, 0.1) is 5.39 Å². The van der Waals surface area contributed by atoms with Gasteiger partial charge in [0.2, 0.25) is 0 Å². The molecule has 28 heavy (non-hydrogen) atoms. The van der Waals surface area contributed by atoms with Crippen LogP contribution < -0.4 is 10.9 Å². The van der Waals surface area contributed by atoms with Gasteiger partial charge in [-0.2, -0.15) is 5.10 Å². The summed E-state index contributed by atoms with van der Waals surface area (Å²) in [4.78, 5) is 36.8. The molecular weight excluding hydrogens is 372 g/mol. The third-order valence-electron chi connectivity index (χ3n) is 3.99. The molecule has 0 saturated carbocycles. The summed E-state index contributed by atoms with van der Waals surface area (Å²) in [5.74, 6) is -3.82. The molecule has 7 nitrogen and oxygen atoms in total. The number of hydrogen-bond acceptors (Lipinski definition) is 5. The first kappa shape index (κ1) is 19.2. The molecule has 0 aliphatic rings. The molecule has 0 unspecified atom stereocenters. The standard InChI is InChI=1S/C19H15F2N3O4/c1-10(17(25)22-11-7-8-14(20)15(21)9-11)28-19(27)16-12-5-3-4-6-13(12)18(26)24(2)23-16/h3-10H,1-2H3,(H,22,25)/t10-/m1/s1. The van der Waals surface area contributed by atoms with Gasteiger partial charge >= 0.3 is 5.97 Å². The lowest BCUT2D eigenvalue weighted by molar-refractivity contribution is -0.123. The maximum absolute atomic E-state index is 13.2. The van der Waals surface area contributed by atoms with Gasteiger partial charge in [-0.25, -0.2) is 18.3 Å². The van der Waals surface area contributed by atoms with E-state index in [1.54, 1.807) is 24.3 Å². The van der Waals surface area contributed by atoms with Crippen LogP contribution in [0.3, 0.4) is 0 Å². The Hall–Kier alpha value is -3.62. The highest BCUT2D eigenvalue weighted by molar-refractivity contribution is 6.03. The van der Waals surface area contributed by atoms with Crippen LogP contribution in [0.25, 0.3) is 10.8 Å². The zero-order valence-corrected chi connectivity index (χ0v) is 14.9. The molecule has 0 aliphatic carbocycles. The zero-order chi connectivity index (χ0) is 20.4. The number of nitrogens with one attached hydrogen (secondary N) is 1. The lowest BCUT2D eigenvalue weighted by Crippen LogP contribution is -2.31. The number of aromatic nitrogens is 2. The zero-order valence-electron chi connectivity index (χ0n) is 14.9. The van der Waals surface area contributed by atoms with E-state index in [4.69, 9.17) is 4.74 Å². The summed E-state index contributed by atoms with van der Waals surface area (Å²) < 4.78 is 32.3. The molecule has 0 fully saturated rings. The van der Waals surface area contributed by atoms with E-state index in [0.717, 1.165) is 16.8 Å². The summed E-state index contributed by atoms with van der Waals surface area (Å²) in [6.45, 7) is 1.32. The number of carbonyl (C=O) groups is 2. The van der Waals surface area contributed by atoms with Crippen molar-refractivity contribution in [2.75, 3.05) is 5.32 Å². The van der Waals surface area contributed by atoms with Crippen LogP contribution in [-0.4, -0.2) is 27.8 Å². The number of rotatable bonds is 4. The van der Waals surface area contributed by atoms with Crippen molar-refractivity contribution in [3.8, 4) is 0 Å². The van der Waals surface area contributed by atoms with Crippen LogP contribution in [0.2, 0.25) is 0 Å². The molecule has 1 amide bonds. The maximum atomic E-state index is 13.2. The van der Waals surface area contributed by atoms with E-state index in [-0.39, 0.29) is 22.3 Å². The molecule has 1 N–H and O–H groups in total. The van der Waals surface area contributed by atoms with Crippen LogP contribution in [0.5, 0.6) is 0 Å². The summed E-state index contributed by atoms with van der Waals surface area (Å²) >= 11 is 0. The average molecular weight is 387 g/mol. The maximum Gasteiger partial charge on any atom is 0.360 e. The van der Waals surface area contributed by atoms with Gasteiger partial charge in [0, 0.05) is 24.2 Å². The van der Waals surface area contributed by atoms with Gasteiger partial charge in [-0.05, 0) is 25.1 Å². The number of hydrogen-bond donors (Lipinski definition) is 1. The molecule has 3 rings (SSSR count). The van der Waals surface area contributed by atoms with Gasteiger partial charge in [-0.3, -0.25) is 9.59 Å². The second kappa shape index (κ2) is 7.55. The average Bonchev–Trinajstić information content (AvgIpc) is 2.67. The van der Waals surface area contributed by atoms with Gasteiger partial charge in [-0.1, -0.05) is 18.2 Å². The smallest absolute Gasteiger partial charge is 0.360 e. The molecule has 1 aromatic heterocycles. The molecule has 1 heterocycles. The van der Waals surface area contributed by atoms with Crippen LogP contribution in [-0.2, 0) is 16.6 Å². The highest BCUT2D eigenvalue weighted by Gasteiger charge is 2.23. The third-order valence-corrected chi connectivity index (χ3v) is 3.99. The van der Waals surface area contributed by atoms with Gasteiger partial charge in [0.1, 0.15) is 0 Å². The predicted molar refractivity (Wildman–Crippen MR) is 96.8 cm³/mol. The number of ether oxygens (including phenoxy) is 1. The first-order valence-electron chi connectivity index (χ1n) is 8.21. The molecule has 0 radical (unpaired) electrons. The molecule has 0 aliphatic heterocycles. The molecule has 0 bridgehead atoms. The number of esters is 1. The number of carbonyl (C=O) groups excluding carboxylic acids is 2. The predicted octanol–water partition coefficient (Wildman–Crippen LogP) is 2.40. The van der Waals surface area contributed by atoms with E-state index in [0.29, 0.717) is 5.39 Å². The van der Waals surface area contributed by atoms with Crippen molar-refractivity contribution in [2.24, 2.45) is 7.05 Å². The van der Waals surface area contributed by atoms with E-state index in [1.807, 2.05) is 0 Å². The Morgan fingerprint density at radius 2 is 1.79 bits per heavy atom. The molecule has 144 valence electrons. The van der Waals surface area contributed by atoms with E-state index < -0.39 is 29.6 Å². The van der Waals surface area contributed by atoms with Crippen molar-refractivity contribution >= 4 is 28.3 Å². The fourth-order valence-electron chi connectivity index (χ4n) is 2.54. The summed E-state index contributed by atoms with van der Waals surface area (Å²) in [5.41, 5.74) is -0.487.